The van der Waals surface area contributed by atoms with Crippen LogP contribution in [0.2, 0.25) is 5.02 Å². The van der Waals surface area contributed by atoms with Crippen molar-refractivity contribution in [2.24, 2.45) is 0 Å². The molecule has 3 aromatic rings. The minimum atomic E-state index is 0.0208. The molecule has 0 spiro atoms. The molecule has 0 saturated carbocycles. The van der Waals surface area contributed by atoms with E-state index in [2.05, 4.69) is 0 Å². The van der Waals surface area contributed by atoms with Crippen LogP contribution in [0.15, 0.2) is 66.9 Å². The fourth-order valence-electron chi connectivity index (χ4n) is 3.84. The molecule has 1 aliphatic heterocycles. The Balaban J connectivity index is 1.57. The topological polar surface area (TPSA) is 47.4 Å². The van der Waals surface area contributed by atoms with Crippen molar-refractivity contribution in [1.29, 1.82) is 0 Å². The second-order valence-electron chi connectivity index (χ2n) is 7.68. The van der Waals surface area contributed by atoms with Crippen molar-refractivity contribution in [3.63, 3.8) is 0 Å². The van der Waals surface area contributed by atoms with Crippen LogP contribution in [-0.2, 0) is 16.1 Å². The largest absolute Gasteiger partial charge is 0.381 e. The van der Waals surface area contributed by atoms with Crippen molar-refractivity contribution in [2.75, 3.05) is 20.2 Å². The zero-order chi connectivity index (χ0) is 21.6. The Labute approximate surface area is 187 Å². The monoisotopic (exact) mass is 435 g/mol. The Morgan fingerprint density at radius 1 is 1.13 bits per heavy atom. The summed E-state index contributed by atoms with van der Waals surface area (Å²) in [4.78, 5) is 14.6. The molecule has 5 nitrogen and oxygen atoms in total. The number of piperidine rings is 1. The van der Waals surface area contributed by atoms with Gasteiger partial charge in [0.15, 0.2) is 0 Å². The molecule has 0 radical (unpaired) electrons. The highest BCUT2D eigenvalue weighted by molar-refractivity contribution is 6.31. The van der Waals surface area contributed by atoms with Crippen molar-refractivity contribution >= 4 is 23.6 Å². The molecule has 1 aromatic heterocycles. The molecule has 1 saturated heterocycles. The molecule has 0 N–H and O–H groups in total. The lowest BCUT2D eigenvalue weighted by atomic mass is 10.1. The highest BCUT2D eigenvalue weighted by atomic mass is 35.5. The van der Waals surface area contributed by atoms with Crippen LogP contribution in [0.3, 0.4) is 0 Å². The van der Waals surface area contributed by atoms with Crippen LogP contribution >= 0.6 is 11.6 Å². The lowest BCUT2D eigenvalue weighted by Crippen LogP contribution is -2.39. The first-order valence-electron chi connectivity index (χ1n) is 10.5. The molecule has 160 valence electrons. The van der Waals surface area contributed by atoms with E-state index in [1.165, 1.54) is 0 Å². The average molecular weight is 436 g/mol. The predicted molar refractivity (Wildman–Crippen MR) is 124 cm³/mol. The van der Waals surface area contributed by atoms with Crippen molar-refractivity contribution in [2.45, 2.75) is 25.5 Å². The van der Waals surface area contributed by atoms with Crippen molar-refractivity contribution in [1.82, 2.24) is 14.7 Å². The Kier molecular flexibility index (Phi) is 6.85. The molecule has 1 amide bonds. The van der Waals surface area contributed by atoms with Crippen LogP contribution in [0, 0.1) is 0 Å². The smallest absolute Gasteiger partial charge is 0.246 e. The zero-order valence-corrected chi connectivity index (χ0v) is 18.3. The number of hydrogen-bond acceptors (Lipinski definition) is 3. The molecule has 31 heavy (non-hydrogen) atoms. The van der Waals surface area contributed by atoms with E-state index in [4.69, 9.17) is 21.4 Å². The van der Waals surface area contributed by atoms with E-state index in [-0.39, 0.29) is 12.0 Å². The van der Waals surface area contributed by atoms with Crippen molar-refractivity contribution in [3.8, 4) is 11.3 Å². The van der Waals surface area contributed by atoms with Gasteiger partial charge in [-0.25, -0.2) is 0 Å². The first-order chi connectivity index (χ1) is 15.1. The summed E-state index contributed by atoms with van der Waals surface area (Å²) in [6.07, 6.45) is 7.48. The van der Waals surface area contributed by atoms with Crippen LogP contribution in [-0.4, -0.2) is 46.9 Å². The average Bonchev–Trinajstić information content (AvgIpc) is 3.22. The Bertz CT molecular complexity index is 1050. The van der Waals surface area contributed by atoms with Gasteiger partial charge in [-0.15, -0.1) is 0 Å². The minimum absolute atomic E-state index is 0.0208. The Morgan fingerprint density at radius 3 is 2.55 bits per heavy atom. The third-order valence-corrected chi connectivity index (χ3v) is 5.99. The predicted octanol–water partition coefficient (Wildman–Crippen LogP) is 4.90. The number of carbonyl (C=O) groups is 1. The summed E-state index contributed by atoms with van der Waals surface area (Å²) in [5.41, 5.74) is 3.75. The first-order valence-corrected chi connectivity index (χ1v) is 10.9. The normalized spacial score (nSPS) is 15.0. The van der Waals surface area contributed by atoms with Crippen LogP contribution in [0.1, 0.15) is 24.0 Å². The van der Waals surface area contributed by atoms with Gasteiger partial charge in [0, 0.05) is 48.6 Å². The van der Waals surface area contributed by atoms with E-state index in [0.717, 1.165) is 48.3 Å². The van der Waals surface area contributed by atoms with Gasteiger partial charge < -0.3 is 9.64 Å². The number of hydrogen-bond donors (Lipinski definition) is 0. The molecule has 1 aliphatic rings. The molecule has 0 aliphatic carbocycles. The fraction of sp³-hybridized carbons (Fsp3) is 0.280. The highest BCUT2D eigenvalue weighted by Gasteiger charge is 2.21. The van der Waals surface area contributed by atoms with Gasteiger partial charge >= 0.3 is 0 Å². The number of halogens is 1. The maximum Gasteiger partial charge on any atom is 0.246 e. The summed E-state index contributed by atoms with van der Waals surface area (Å²) in [6, 6.07) is 17.8. The summed E-state index contributed by atoms with van der Waals surface area (Å²) < 4.78 is 7.27. The van der Waals surface area contributed by atoms with Crippen LogP contribution in [0.25, 0.3) is 17.3 Å². The maximum absolute atomic E-state index is 12.7. The van der Waals surface area contributed by atoms with Crippen molar-refractivity contribution < 1.29 is 9.53 Å². The SMILES string of the molecule is COC1CCN(C(=O)/C=C/c2cn(Cc3ccccc3Cl)nc2-c2ccccc2)CC1. The van der Waals surface area contributed by atoms with E-state index in [1.807, 2.05) is 76.5 Å². The zero-order valence-electron chi connectivity index (χ0n) is 17.6. The van der Waals surface area contributed by atoms with Crippen LogP contribution < -0.4 is 0 Å². The fourth-order valence-corrected chi connectivity index (χ4v) is 4.04. The van der Waals surface area contributed by atoms with E-state index in [1.54, 1.807) is 13.2 Å². The lowest BCUT2D eigenvalue weighted by molar-refractivity contribution is -0.128. The quantitative estimate of drug-likeness (QED) is 0.517. The molecule has 2 heterocycles. The van der Waals surface area contributed by atoms with E-state index in [0.29, 0.717) is 11.6 Å². The van der Waals surface area contributed by atoms with Gasteiger partial charge in [-0.3, -0.25) is 9.48 Å². The number of ether oxygens (including phenoxy) is 1. The van der Waals surface area contributed by atoms with E-state index in [9.17, 15) is 4.79 Å². The summed E-state index contributed by atoms with van der Waals surface area (Å²) >= 11 is 6.33. The number of carbonyl (C=O) groups excluding carboxylic acids is 1. The molecule has 0 unspecified atom stereocenters. The number of nitrogens with zero attached hydrogens (tertiary/aromatic N) is 3. The standard InChI is InChI=1S/C25H26ClN3O2/c1-31-22-13-15-28(16-14-22)24(30)12-11-21-18-29(17-20-9-5-6-10-23(20)26)27-25(21)19-7-3-2-4-8-19/h2-12,18,22H,13-17H2,1H3/b12-11+. The third-order valence-electron chi connectivity index (χ3n) is 5.62. The molecule has 6 heteroatoms. The first kappa shape index (κ1) is 21.3. The number of methoxy groups -OCH3 is 1. The summed E-state index contributed by atoms with van der Waals surface area (Å²) in [5, 5.41) is 5.51. The summed E-state index contributed by atoms with van der Waals surface area (Å²) in [5.74, 6) is 0.0208. The number of benzene rings is 2. The molecule has 0 bridgehead atoms. The van der Waals surface area contributed by atoms with E-state index >= 15 is 0 Å². The van der Waals surface area contributed by atoms with Gasteiger partial charge in [-0.05, 0) is 30.5 Å². The van der Waals surface area contributed by atoms with Crippen LogP contribution in [0.5, 0.6) is 0 Å². The Hall–Kier alpha value is -2.89. The van der Waals surface area contributed by atoms with Gasteiger partial charge in [-0.2, -0.15) is 5.10 Å². The van der Waals surface area contributed by atoms with Gasteiger partial charge in [0.2, 0.25) is 5.91 Å². The molecule has 4 rings (SSSR count). The van der Waals surface area contributed by atoms with Gasteiger partial charge in [0.05, 0.1) is 18.3 Å². The lowest BCUT2D eigenvalue weighted by Gasteiger charge is -2.30. The highest BCUT2D eigenvalue weighted by Crippen LogP contribution is 2.25. The van der Waals surface area contributed by atoms with Crippen molar-refractivity contribution in [3.05, 3.63) is 83.0 Å². The molecule has 0 atom stereocenters. The number of rotatable bonds is 6. The maximum atomic E-state index is 12.7. The van der Waals surface area contributed by atoms with Gasteiger partial charge in [0.1, 0.15) is 0 Å². The summed E-state index contributed by atoms with van der Waals surface area (Å²) in [6.45, 7) is 2.00. The van der Waals surface area contributed by atoms with Gasteiger partial charge in [0.25, 0.3) is 0 Å². The van der Waals surface area contributed by atoms with E-state index < -0.39 is 0 Å². The number of likely N-dealkylation sites (tertiary alicyclic amines) is 1. The number of aromatic nitrogens is 2. The van der Waals surface area contributed by atoms with Gasteiger partial charge in [-0.1, -0.05) is 60.1 Å². The minimum Gasteiger partial charge on any atom is -0.381 e. The second kappa shape index (κ2) is 9.94. The summed E-state index contributed by atoms with van der Waals surface area (Å²) in [7, 11) is 1.73. The molecular weight excluding hydrogens is 410 g/mol. The molecule has 2 aromatic carbocycles. The number of amides is 1. The molecule has 1 fully saturated rings. The molecular formula is C25H26ClN3O2. The van der Waals surface area contributed by atoms with Crippen LogP contribution in [0.4, 0.5) is 0 Å². The third kappa shape index (κ3) is 5.24. The second-order valence-corrected chi connectivity index (χ2v) is 8.09. The Morgan fingerprint density at radius 2 is 1.84 bits per heavy atom.